The van der Waals surface area contributed by atoms with Crippen molar-refractivity contribution >= 4 is 11.8 Å². The fourth-order valence-corrected chi connectivity index (χ4v) is 1.88. The molecular formula is C10H16N4O2. The van der Waals surface area contributed by atoms with Gasteiger partial charge in [-0.1, -0.05) is 0 Å². The molecule has 0 saturated carbocycles. The molecule has 2 heterocycles. The van der Waals surface area contributed by atoms with Gasteiger partial charge in [0, 0.05) is 26.4 Å². The molecule has 1 fully saturated rings. The van der Waals surface area contributed by atoms with Crippen molar-refractivity contribution in [3.8, 4) is 0 Å². The molecule has 6 nitrogen and oxygen atoms in total. The van der Waals surface area contributed by atoms with Crippen LogP contribution in [0.25, 0.3) is 0 Å². The number of hydrogen-bond donors (Lipinski definition) is 2. The molecule has 0 aromatic carbocycles. The fraction of sp³-hybridized carbons (Fsp3) is 0.600. The zero-order valence-electron chi connectivity index (χ0n) is 9.21. The number of aliphatic hydroxyl groups is 1. The Labute approximate surface area is 94.1 Å². The summed E-state index contributed by atoms with van der Waals surface area (Å²) in [4.78, 5) is 10.2. The Morgan fingerprint density at radius 1 is 1.62 bits per heavy atom. The molecule has 0 spiro atoms. The Balaban J connectivity index is 2.07. The Bertz CT molecular complexity index is 360. The first-order valence-corrected chi connectivity index (χ1v) is 5.25. The molecule has 16 heavy (non-hydrogen) atoms. The summed E-state index contributed by atoms with van der Waals surface area (Å²) in [5.74, 6) is 1.00. The Morgan fingerprint density at radius 3 is 3.06 bits per heavy atom. The van der Waals surface area contributed by atoms with E-state index in [-0.39, 0.29) is 6.10 Å². The number of anilines is 2. The van der Waals surface area contributed by atoms with Gasteiger partial charge in [-0.15, -0.1) is 0 Å². The molecule has 2 rings (SSSR count). The van der Waals surface area contributed by atoms with Gasteiger partial charge >= 0.3 is 0 Å². The lowest BCUT2D eigenvalue weighted by Crippen LogP contribution is -2.48. The van der Waals surface area contributed by atoms with Crippen LogP contribution in [0.5, 0.6) is 0 Å². The largest absolute Gasteiger partial charge is 0.389 e. The maximum absolute atomic E-state index is 9.82. The molecule has 2 atom stereocenters. The number of ether oxygens (including phenoxy) is 1. The summed E-state index contributed by atoms with van der Waals surface area (Å²) in [6, 6.07) is 1.64. The third-order valence-corrected chi connectivity index (χ3v) is 2.77. The Morgan fingerprint density at radius 2 is 2.44 bits per heavy atom. The highest BCUT2D eigenvalue weighted by molar-refractivity contribution is 5.38. The maximum Gasteiger partial charge on any atom is 0.227 e. The zero-order chi connectivity index (χ0) is 11.5. The number of aliphatic hydroxyl groups excluding tert-OH is 1. The van der Waals surface area contributed by atoms with Crippen LogP contribution in [0, 0.1) is 0 Å². The van der Waals surface area contributed by atoms with Crippen LogP contribution in [0.2, 0.25) is 0 Å². The molecule has 1 aliphatic heterocycles. The number of piperidine rings is 1. The van der Waals surface area contributed by atoms with Crippen LogP contribution >= 0.6 is 0 Å². The minimum Gasteiger partial charge on any atom is -0.389 e. The SMILES string of the molecule is COC1CCN(c2nccc(N)n2)CC1O. The van der Waals surface area contributed by atoms with E-state index in [1.165, 1.54) is 0 Å². The summed E-state index contributed by atoms with van der Waals surface area (Å²) in [6.45, 7) is 1.24. The average Bonchev–Trinajstić information content (AvgIpc) is 2.29. The molecule has 0 bridgehead atoms. The zero-order valence-corrected chi connectivity index (χ0v) is 9.21. The second-order valence-corrected chi connectivity index (χ2v) is 3.86. The molecule has 1 aromatic rings. The number of hydrogen-bond acceptors (Lipinski definition) is 6. The summed E-state index contributed by atoms with van der Waals surface area (Å²) in [7, 11) is 1.61. The lowest BCUT2D eigenvalue weighted by molar-refractivity contribution is -0.0219. The van der Waals surface area contributed by atoms with Crippen molar-refractivity contribution in [2.75, 3.05) is 30.8 Å². The van der Waals surface area contributed by atoms with Crippen LogP contribution in [-0.2, 0) is 4.74 Å². The first kappa shape index (κ1) is 11.1. The highest BCUT2D eigenvalue weighted by atomic mass is 16.5. The standard InChI is InChI=1S/C10H16N4O2/c1-16-8-3-5-14(6-7(8)15)10-12-4-2-9(11)13-10/h2,4,7-8,15H,3,5-6H2,1H3,(H2,11,12,13). The number of nitrogen functional groups attached to an aromatic ring is 1. The van der Waals surface area contributed by atoms with E-state index < -0.39 is 6.10 Å². The van der Waals surface area contributed by atoms with Crippen LogP contribution in [0.4, 0.5) is 11.8 Å². The number of rotatable bonds is 2. The number of β-amino-alcohol motifs (C(OH)–C–C–N with tert-alkyl or cyclic N) is 1. The van der Waals surface area contributed by atoms with E-state index in [1.807, 2.05) is 4.90 Å². The van der Waals surface area contributed by atoms with E-state index in [0.29, 0.717) is 18.3 Å². The van der Waals surface area contributed by atoms with Crippen LogP contribution in [0.1, 0.15) is 6.42 Å². The van der Waals surface area contributed by atoms with Crippen molar-refractivity contribution in [3.63, 3.8) is 0 Å². The predicted molar refractivity (Wildman–Crippen MR) is 60.1 cm³/mol. The second kappa shape index (κ2) is 4.63. The Kier molecular flexibility index (Phi) is 3.21. The van der Waals surface area contributed by atoms with Crippen molar-refractivity contribution in [1.82, 2.24) is 9.97 Å². The number of nitrogens with zero attached hydrogens (tertiary/aromatic N) is 3. The Hall–Kier alpha value is -1.40. The van der Waals surface area contributed by atoms with Gasteiger partial charge in [-0.2, -0.15) is 4.98 Å². The van der Waals surface area contributed by atoms with E-state index in [4.69, 9.17) is 10.5 Å². The first-order chi connectivity index (χ1) is 7.70. The third kappa shape index (κ3) is 2.23. The quantitative estimate of drug-likeness (QED) is 0.714. The molecule has 0 radical (unpaired) electrons. The van der Waals surface area contributed by atoms with Gasteiger partial charge < -0.3 is 20.5 Å². The average molecular weight is 224 g/mol. The van der Waals surface area contributed by atoms with Crippen LogP contribution in [0.15, 0.2) is 12.3 Å². The predicted octanol–water partition coefficient (Wildman–Crippen LogP) is -0.355. The molecule has 1 aromatic heterocycles. The van der Waals surface area contributed by atoms with Crippen molar-refractivity contribution < 1.29 is 9.84 Å². The highest BCUT2D eigenvalue weighted by Crippen LogP contribution is 2.18. The molecule has 1 saturated heterocycles. The van der Waals surface area contributed by atoms with Crippen LogP contribution in [0.3, 0.4) is 0 Å². The number of aromatic nitrogens is 2. The molecule has 6 heteroatoms. The van der Waals surface area contributed by atoms with Crippen molar-refractivity contribution in [2.45, 2.75) is 18.6 Å². The third-order valence-electron chi connectivity index (χ3n) is 2.77. The molecule has 3 N–H and O–H groups in total. The topological polar surface area (TPSA) is 84.5 Å². The molecule has 2 unspecified atom stereocenters. The monoisotopic (exact) mass is 224 g/mol. The van der Waals surface area contributed by atoms with Gasteiger partial charge in [0.25, 0.3) is 0 Å². The van der Waals surface area contributed by atoms with Gasteiger partial charge in [0.15, 0.2) is 0 Å². The van der Waals surface area contributed by atoms with Gasteiger partial charge in [0.1, 0.15) is 5.82 Å². The van der Waals surface area contributed by atoms with Crippen LogP contribution < -0.4 is 10.6 Å². The fourth-order valence-electron chi connectivity index (χ4n) is 1.88. The number of methoxy groups -OCH3 is 1. The van der Waals surface area contributed by atoms with Gasteiger partial charge in [0.2, 0.25) is 5.95 Å². The van der Waals surface area contributed by atoms with Crippen molar-refractivity contribution in [2.24, 2.45) is 0 Å². The van der Waals surface area contributed by atoms with Crippen molar-refractivity contribution in [3.05, 3.63) is 12.3 Å². The smallest absolute Gasteiger partial charge is 0.227 e. The van der Waals surface area contributed by atoms with Gasteiger partial charge in [-0.05, 0) is 12.5 Å². The summed E-state index contributed by atoms with van der Waals surface area (Å²) >= 11 is 0. The molecular weight excluding hydrogens is 208 g/mol. The molecule has 0 amide bonds. The summed E-state index contributed by atoms with van der Waals surface area (Å²) in [6.07, 6.45) is 1.77. The minimum atomic E-state index is -0.510. The lowest BCUT2D eigenvalue weighted by Gasteiger charge is -2.35. The number of nitrogens with two attached hydrogens (primary N) is 1. The van der Waals surface area contributed by atoms with E-state index in [2.05, 4.69) is 9.97 Å². The van der Waals surface area contributed by atoms with E-state index in [0.717, 1.165) is 13.0 Å². The lowest BCUT2D eigenvalue weighted by atomic mass is 10.1. The molecule has 1 aliphatic rings. The van der Waals surface area contributed by atoms with E-state index >= 15 is 0 Å². The van der Waals surface area contributed by atoms with E-state index in [9.17, 15) is 5.11 Å². The van der Waals surface area contributed by atoms with Crippen molar-refractivity contribution in [1.29, 1.82) is 0 Å². The van der Waals surface area contributed by atoms with Gasteiger partial charge in [-0.25, -0.2) is 4.98 Å². The van der Waals surface area contributed by atoms with Gasteiger partial charge in [0.05, 0.1) is 12.2 Å². The maximum atomic E-state index is 9.82. The minimum absolute atomic E-state index is 0.0997. The molecule has 0 aliphatic carbocycles. The van der Waals surface area contributed by atoms with Crippen LogP contribution in [-0.4, -0.2) is 47.5 Å². The highest BCUT2D eigenvalue weighted by Gasteiger charge is 2.28. The summed E-state index contributed by atoms with van der Waals surface area (Å²) in [5.41, 5.74) is 5.59. The summed E-state index contributed by atoms with van der Waals surface area (Å²) < 4.78 is 5.17. The first-order valence-electron chi connectivity index (χ1n) is 5.25. The van der Waals surface area contributed by atoms with Gasteiger partial charge in [-0.3, -0.25) is 0 Å². The molecule has 88 valence electrons. The normalized spacial score (nSPS) is 25.8. The summed E-state index contributed by atoms with van der Waals surface area (Å²) in [5, 5.41) is 9.82. The van der Waals surface area contributed by atoms with E-state index in [1.54, 1.807) is 19.4 Å². The second-order valence-electron chi connectivity index (χ2n) is 3.86.